The second-order valence-corrected chi connectivity index (χ2v) is 7.10. The van der Waals surface area contributed by atoms with Crippen molar-refractivity contribution in [3.63, 3.8) is 0 Å². The van der Waals surface area contributed by atoms with Crippen LogP contribution >= 0.6 is 23.2 Å². The van der Waals surface area contributed by atoms with Gasteiger partial charge in [-0.05, 0) is 37.5 Å². The van der Waals surface area contributed by atoms with Crippen LogP contribution < -0.4 is 16.4 Å². The smallest absolute Gasteiger partial charge is 0.240 e. The van der Waals surface area contributed by atoms with Crippen molar-refractivity contribution in [2.24, 2.45) is 11.7 Å². The maximum atomic E-state index is 12.1. The van der Waals surface area contributed by atoms with Crippen molar-refractivity contribution in [2.45, 2.75) is 39.3 Å². The summed E-state index contributed by atoms with van der Waals surface area (Å²) in [5.74, 6) is -0.654. The maximum absolute atomic E-state index is 12.1. The fraction of sp³-hybridized carbons (Fsp3) is 0.500. The lowest BCUT2D eigenvalue weighted by atomic mass is 9.94. The number of carbonyl (C=O) groups excluding carboxylic acids is 2. The summed E-state index contributed by atoms with van der Waals surface area (Å²) in [6.45, 7) is 7.23. The SMILES string of the molecule is CC(C)[C@H](N)C(=O)NCC(=O)NC(C)(C)c1ccc(Cl)c(Cl)c1. The third kappa shape index (κ3) is 5.68. The van der Waals surface area contributed by atoms with Crippen molar-refractivity contribution >= 4 is 35.0 Å². The van der Waals surface area contributed by atoms with Crippen LogP contribution in [0.3, 0.4) is 0 Å². The number of rotatable bonds is 6. The minimum absolute atomic E-state index is 0.00529. The van der Waals surface area contributed by atoms with Gasteiger partial charge >= 0.3 is 0 Å². The molecule has 0 radical (unpaired) electrons. The minimum atomic E-state index is -0.657. The molecule has 5 nitrogen and oxygen atoms in total. The molecule has 2 amide bonds. The van der Waals surface area contributed by atoms with Crippen LogP contribution in [0.25, 0.3) is 0 Å². The summed E-state index contributed by atoms with van der Waals surface area (Å²) in [5, 5.41) is 6.25. The normalized spacial score (nSPS) is 12.9. The molecule has 128 valence electrons. The third-order valence-electron chi connectivity index (χ3n) is 3.54. The highest BCUT2D eigenvalue weighted by Crippen LogP contribution is 2.28. The predicted octanol–water partition coefficient (Wildman–Crippen LogP) is 2.44. The van der Waals surface area contributed by atoms with E-state index in [0.717, 1.165) is 5.56 Å². The van der Waals surface area contributed by atoms with E-state index in [9.17, 15) is 9.59 Å². The molecule has 4 N–H and O–H groups in total. The van der Waals surface area contributed by atoms with E-state index in [2.05, 4.69) is 10.6 Å². The van der Waals surface area contributed by atoms with Gasteiger partial charge in [0.2, 0.25) is 11.8 Å². The van der Waals surface area contributed by atoms with Gasteiger partial charge in [0.1, 0.15) is 0 Å². The van der Waals surface area contributed by atoms with Gasteiger partial charge in [0.25, 0.3) is 0 Å². The lowest BCUT2D eigenvalue weighted by molar-refractivity contribution is -0.128. The van der Waals surface area contributed by atoms with Gasteiger partial charge in [-0.1, -0.05) is 43.1 Å². The van der Waals surface area contributed by atoms with Crippen molar-refractivity contribution in [1.82, 2.24) is 10.6 Å². The van der Waals surface area contributed by atoms with Crippen LogP contribution in [0.1, 0.15) is 33.3 Å². The van der Waals surface area contributed by atoms with Crippen LogP contribution in [-0.4, -0.2) is 24.4 Å². The zero-order valence-electron chi connectivity index (χ0n) is 13.7. The Kier molecular flexibility index (Phi) is 6.86. The van der Waals surface area contributed by atoms with Crippen molar-refractivity contribution < 1.29 is 9.59 Å². The molecule has 1 atom stereocenters. The maximum Gasteiger partial charge on any atom is 0.240 e. The van der Waals surface area contributed by atoms with Gasteiger partial charge in [-0.25, -0.2) is 0 Å². The van der Waals surface area contributed by atoms with Gasteiger partial charge in [-0.15, -0.1) is 0 Å². The molecule has 0 heterocycles. The van der Waals surface area contributed by atoms with Crippen molar-refractivity contribution in [3.05, 3.63) is 33.8 Å². The Morgan fingerprint density at radius 2 is 1.83 bits per heavy atom. The summed E-state index contributed by atoms with van der Waals surface area (Å²) >= 11 is 11.9. The Morgan fingerprint density at radius 1 is 1.22 bits per heavy atom. The Hall–Kier alpha value is -1.30. The number of halogens is 2. The van der Waals surface area contributed by atoms with Crippen LogP contribution in [0.5, 0.6) is 0 Å². The number of nitrogens with one attached hydrogen (secondary N) is 2. The molecule has 0 fully saturated rings. The Bertz CT molecular complexity index is 589. The summed E-state index contributed by atoms with van der Waals surface area (Å²) < 4.78 is 0. The van der Waals surface area contributed by atoms with Gasteiger partial charge in [0.15, 0.2) is 0 Å². The number of hydrogen-bond donors (Lipinski definition) is 3. The van der Waals surface area contributed by atoms with Crippen LogP contribution in [0.4, 0.5) is 0 Å². The van der Waals surface area contributed by atoms with E-state index in [1.807, 2.05) is 27.7 Å². The third-order valence-corrected chi connectivity index (χ3v) is 4.28. The molecule has 0 aliphatic rings. The zero-order chi connectivity index (χ0) is 17.8. The van der Waals surface area contributed by atoms with E-state index in [1.54, 1.807) is 18.2 Å². The molecule has 1 rings (SSSR count). The first-order valence-electron chi connectivity index (χ1n) is 7.34. The van der Waals surface area contributed by atoms with E-state index < -0.39 is 11.6 Å². The number of amides is 2. The average molecular weight is 360 g/mol. The number of nitrogens with two attached hydrogens (primary N) is 1. The minimum Gasteiger partial charge on any atom is -0.346 e. The summed E-state index contributed by atoms with van der Waals surface area (Å²) in [6.07, 6.45) is 0. The number of hydrogen-bond acceptors (Lipinski definition) is 3. The van der Waals surface area contributed by atoms with E-state index in [1.165, 1.54) is 0 Å². The topological polar surface area (TPSA) is 84.2 Å². The van der Waals surface area contributed by atoms with Crippen molar-refractivity contribution in [3.8, 4) is 0 Å². The number of benzene rings is 1. The van der Waals surface area contributed by atoms with Gasteiger partial charge in [-0.3, -0.25) is 9.59 Å². The molecule has 0 aromatic heterocycles. The number of carbonyl (C=O) groups is 2. The van der Waals surface area contributed by atoms with Gasteiger partial charge in [-0.2, -0.15) is 0 Å². The molecule has 0 bridgehead atoms. The Balaban J connectivity index is 2.65. The molecule has 0 spiro atoms. The predicted molar refractivity (Wildman–Crippen MR) is 93.5 cm³/mol. The van der Waals surface area contributed by atoms with Crippen LogP contribution in [-0.2, 0) is 15.1 Å². The average Bonchev–Trinajstić information content (AvgIpc) is 2.46. The first kappa shape index (κ1) is 19.7. The van der Waals surface area contributed by atoms with E-state index >= 15 is 0 Å². The van der Waals surface area contributed by atoms with E-state index in [0.29, 0.717) is 10.0 Å². The molecule has 0 unspecified atom stereocenters. The highest BCUT2D eigenvalue weighted by Gasteiger charge is 2.24. The quantitative estimate of drug-likeness (QED) is 0.729. The molecule has 1 aromatic carbocycles. The molecule has 0 aliphatic carbocycles. The highest BCUT2D eigenvalue weighted by atomic mass is 35.5. The van der Waals surface area contributed by atoms with Crippen LogP contribution in [0.2, 0.25) is 10.0 Å². The second-order valence-electron chi connectivity index (χ2n) is 6.29. The van der Waals surface area contributed by atoms with Crippen LogP contribution in [0, 0.1) is 5.92 Å². The lowest BCUT2D eigenvalue weighted by Crippen LogP contribution is -2.50. The monoisotopic (exact) mass is 359 g/mol. The van der Waals surface area contributed by atoms with E-state index in [-0.39, 0.29) is 24.3 Å². The highest BCUT2D eigenvalue weighted by molar-refractivity contribution is 6.42. The second kappa shape index (κ2) is 7.99. The molecular weight excluding hydrogens is 337 g/mol. The molecule has 7 heteroatoms. The fourth-order valence-corrected chi connectivity index (χ4v) is 2.24. The molecule has 23 heavy (non-hydrogen) atoms. The molecule has 1 aromatic rings. The van der Waals surface area contributed by atoms with E-state index in [4.69, 9.17) is 28.9 Å². The Labute approximate surface area is 146 Å². The molecule has 0 saturated heterocycles. The zero-order valence-corrected chi connectivity index (χ0v) is 15.3. The first-order valence-corrected chi connectivity index (χ1v) is 8.10. The molecular formula is C16H23Cl2N3O2. The van der Waals surface area contributed by atoms with Crippen LogP contribution in [0.15, 0.2) is 18.2 Å². The standard InChI is InChI=1S/C16H23Cl2N3O2/c1-9(2)14(19)15(23)20-8-13(22)21-16(3,4)10-5-6-11(17)12(18)7-10/h5-7,9,14H,8,19H2,1-4H3,(H,20,23)(H,21,22)/t14-/m0/s1. The van der Waals surface area contributed by atoms with Gasteiger partial charge in [0, 0.05) is 0 Å². The summed E-state index contributed by atoms with van der Waals surface area (Å²) in [4.78, 5) is 23.8. The van der Waals surface area contributed by atoms with Gasteiger partial charge < -0.3 is 16.4 Å². The fourth-order valence-electron chi connectivity index (χ4n) is 1.94. The van der Waals surface area contributed by atoms with Gasteiger partial charge in [0.05, 0.1) is 28.2 Å². The summed E-state index contributed by atoms with van der Waals surface area (Å²) in [7, 11) is 0. The molecule has 0 saturated carbocycles. The molecule has 0 aliphatic heterocycles. The van der Waals surface area contributed by atoms with Crippen molar-refractivity contribution in [2.75, 3.05) is 6.54 Å². The summed E-state index contributed by atoms with van der Waals surface area (Å²) in [5.41, 5.74) is 5.88. The van der Waals surface area contributed by atoms with Crippen molar-refractivity contribution in [1.29, 1.82) is 0 Å². The first-order chi connectivity index (χ1) is 10.5. The Morgan fingerprint density at radius 3 is 2.35 bits per heavy atom. The lowest BCUT2D eigenvalue weighted by Gasteiger charge is -2.27. The summed E-state index contributed by atoms with van der Waals surface area (Å²) in [6, 6.07) is 4.54. The largest absolute Gasteiger partial charge is 0.346 e.